The predicted octanol–water partition coefficient (Wildman–Crippen LogP) is 3.42. The number of esters is 3. The quantitative estimate of drug-likeness (QED) is 0.396. The fourth-order valence-electron chi connectivity index (χ4n) is 4.04. The third-order valence-corrected chi connectivity index (χ3v) is 5.77. The standard InChI is InChI=1S/C27H22O8/c28-24(17-10-4-1-5-11-17)32-20-16-31-27-23(34-26(30)19-14-8-3-9-15-19)22(21(20)35-27)33-25(29)18-12-6-2-7-13-18/h1-15,20-23,27H,16H2/t20?,21-,22-,23+,27-/m0/s1. The molecule has 3 aromatic carbocycles. The molecule has 2 aliphatic heterocycles. The van der Waals surface area contributed by atoms with Crippen molar-refractivity contribution in [3.63, 3.8) is 0 Å². The van der Waals surface area contributed by atoms with Gasteiger partial charge in [0.1, 0.15) is 6.10 Å². The SMILES string of the molecule is O=C(OC1CO[C@H]2O[C@@H]1[C@H](OC(=O)c1ccccc1)[C@H]2OC(=O)c1ccccc1)c1ccccc1. The second kappa shape index (κ2) is 10.1. The zero-order chi connectivity index (χ0) is 24.2. The fourth-order valence-corrected chi connectivity index (χ4v) is 4.04. The first kappa shape index (κ1) is 22.8. The molecule has 0 aliphatic carbocycles. The number of ether oxygens (including phenoxy) is 5. The van der Waals surface area contributed by atoms with Crippen LogP contribution in [-0.2, 0) is 23.7 Å². The molecule has 0 saturated carbocycles. The average Bonchev–Trinajstić information content (AvgIpc) is 3.18. The maximum absolute atomic E-state index is 12.9. The van der Waals surface area contributed by atoms with Gasteiger partial charge in [0.05, 0.1) is 23.3 Å². The highest BCUT2D eigenvalue weighted by Crippen LogP contribution is 2.36. The lowest BCUT2D eigenvalue weighted by atomic mass is 10.1. The topological polar surface area (TPSA) is 97.4 Å². The number of fused-ring (bicyclic) bond motifs is 2. The molecule has 8 nitrogen and oxygen atoms in total. The van der Waals surface area contributed by atoms with Crippen molar-refractivity contribution in [2.24, 2.45) is 0 Å². The van der Waals surface area contributed by atoms with E-state index in [1.807, 2.05) is 0 Å². The Morgan fingerprint density at radius 1 is 0.600 bits per heavy atom. The first-order valence-electron chi connectivity index (χ1n) is 11.2. The molecule has 0 radical (unpaired) electrons. The highest BCUT2D eigenvalue weighted by molar-refractivity contribution is 5.91. The van der Waals surface area contributed by atoms with Crippen LogP contribution in [0.3, 0.4) is 0 Å². The van der Waals surface area contributed by atoms with Crippen LogP contribution in [0.15, 0.2) is 91.0 Å². The van der Waals surface area contributed by atoms with Crippen LogP contribution in [0.1, 0.15) is 31.1 Å². The van der Waals surface area contributed by atoms with E-state index in [0.717, 1.165) is 0 Å². The number of benzene rings is 3. The summed E-state index contributed by atoms with van der Waals surface area (Å²) in [6.07, 6.45) is -4.86. The molecule has 2 bridgehead atoms. The zero-order valence-electron chi connectivity index (χ0n) is 18.5. The van der Waals surface area contributed by atoms with Gasteiger partial charge < -0.3 is 23.7 Å². The van der Waals surface area contributed by atoms with Crippen molar-refractivity contribution in [2.75, 3.05) is 6.61 Å². The van der Waals surface area contributed by atoms with E-state index in [0.29, 0.717) is 16.7 Å². The van der Waals surface area contributed by atoms with Crippen molar-refractivity contribution in [1.82, 2.24) is 0 Å². The van der Waals surface area contributed by atoms with Gasteiger partial charge in [0.15, 0.2) is 24.6 Å². The summed E-state index contributed by atoms with van der Waals surface area (Å²) in [5.41, 5.74) is 1.01. The Hall–Kier alpha value is -4.01. The van der Waals surface area contributed by atoms with Crippen LogP contribution in [0.25, 0.3) is 0 Å². The molecule has 5 atom stereocenters. The lowest BCUT2D eigenvalue weighted by Crippen LogP contribution is -2.46. The monoisotopic (exact) mass is 474 g/mol. The molecule has 1 unspecified atom stereocenters. The summed E-state index contributed by atoms with van der Waals surface area (Å²) in [4.78, 5) is 38.3. The molecule has 0 amide bonds. The molecule has 5 rings (SSSR count). The molecule has 2 fully saturated rings. The van der Waals surface area contributed by atoms with Crippen molar-refractivity contribution in [2.45, 2.75) is 30.7 Å². The summed E-state index contributed by atoms with van der Waals surface area (Å²) in [6, 6.07) is 25.3. The Balaban J connectivity index is 1.38. The minimum Gasteiger partial charge on any atom is -0.453 e. The van der Waals surface area contributed by atoms with E-state index in [9.17, 15) is 14.4 Å². The molecule has 0 spiro atoms. The van der Waals surface area contributed by atoms with Crippen LogP contribution >= 0.6 is 0 Å². The van der Waals surface area contributed by atoms with E-state index in [1.165, 1.54) is 0 Å². The second-order valence-corrected chi connectivity index (χ2v) is 8.08. The highest BCUT2D eigenvalue weighted by Gasteiger charge is 2.57. The summed E-state index contributed by atoms with van der Waals surface area (Å²) in [7, 11) is 0. The third kappa shape index (κ3) is 4.94. The lowest BCUT2D eigenvalue weighted by molar-refractivity contribution is -0.233. The van der Waals surface area contributed by atoms with E-state index in [2.05, 4.69) is 0 Å². The molecule has 35 heavy (non-hydrogen) atoms. The average molecular weight is 474 g/mol. The minimum absolute atomic E-state index is 0.00726. The molecular weight excluding hydrogens is 452 g/mol. The van der Waals surface area contributed by atoms with Crippen molar-refractivity contribution in [3.05, 3.63) is 108 Å². The lowest BCUT2D eigenvalue weighted by Gasteiger charge is -2.29. The van der Waals surface area contributed by atoms with Gasteiger partial charge in [0.2, 0.25) is 0 Å². The predicted molar refractivity (Wildman–Crippen MR) is 122 cm³/mol. The number of hydrogen-bond acceptors (Lipinski definition) is 8. The van der Waals surface area contributed by atoms with E-state index < -0.39 is 48.6 Å². The van der Waals surface area contributed by atoms with Crippen molar-refractivity contribution < 1.29 is 38.1 Å². The third-order valence-electron chi connectivity index (χ3n) is 5.77. The first-order chi connectivity index (χ1) is 17.1. The minimum atomic E-state index is -1.06. The van der Waals surface area contributed by atoms with Crippen LogP contribution in [0, 0.1) is 0 Å². The van der Waals surface area contributed by atoms with Gasteiger partial charge in [-0.1, -0.05) is 54.6 Å². The van der Waals surface area contributed by atoms with Crippen molar-refractivity contribution >= 4 is 17.9 Å². The Bertz CT molecular complexity index is 1180. The van der Waals surface area contributed by atoms with E-state index in [4.69, 9.17) is 23.7 Å². The summed E-state index contributed by atoms with van der Waals surface area (Å²) in [6.45, 7) is -0.00726. The van der Waals surface area contributed by atoms with Gasteiger partial charge in [-0.3, -0.25) is 0 Å². The van der Waals surface area contributed by atoms with Gasteiger partial charge >= 0.3 is 17.9 Å². The van der Waals surface area contributed by atoms with Gasteiger partial charge in [0.25, 0.3) is 0 Å². The van der Waals surface area contributed by atoms with Gasteiger partial charge in [-0.2, -0.15) is 0 Å². The van der Waals surface area contributed by atoms with E-state index in [1.54, 1.807) is 91.0 Å². The Kier molecular flexibility index (Phi) is 6.56. The Labute approximate surface area is 201 Å². The van der Waals surface area contributed by atoms with Crippen molar-refractivity contribution in [3.8, 4) is 0 Å². The van der Waals surface area contributed by atoms with Crippen LogP contribution in [-0.4, -0.2) is 55.2 Å². The van der Waals surface area contributed by atoms with Crippen molar-refractivity contribution in [1.29, 1.82) is 0 Å². The molecule has 8 heteroatoms. The van der Waals surface area contributed by atoms with Crippen LogP contribution < -0.4 is 0 Å². The number of carbonyl (C=O) groups is 3. The van der Waals surface area contributed by atoms with Crippen LogP contribution in [0.2, 0.25) is 0 Å². The van der Waals surface area contributed by atoms with Crippen LogP contribution in [0.5, 0.6) is 0 Å². The summed E-state index contributed by atoms with van der Waals surface area (Å²) in [5, 5.41) is 0. The maximum atomic E-state index is 12.9. The molecule has 0 aromatic heterocycles. The van der Waals surface area contributed by atoms with Gasteiger partial charge in [-0.05, 0) is 36.4 Å². The largest absolute Gasteiger partial charge is 0.453 e. The maximum Gasteiger partial charge on any atom is 0.338 e. The smallest absolute Gasteiger partial charge is 0.338 e. The Morgan fingerprint density at radius 3 is 1.51 bits per heavy atom. The molecule has 2 heterocycles. The summed E-state index contributed by atoms with van der Waals surface area (Å²) < 4.78 is 28.7. The summed E-state index contributed by atoms with van der Waals surface area (Å²) in [5.74, 6) is -1.81. The molecule has 0 N–H and O–H groups in total. The molecular formula is C27H22O8. The Morgan fingerprint density at radius 2 is 1.03 bits per heavy atom. The number of carbonyl (C=O) groups excluding carboxylic acids is 3. The van der Waals surface area contributed by atoms with E-state index in [-0.39, 0.29) is 6.61 Å². The molecule has 3 aromatic rings. The second-order valence-electron chi connectivity index (χ2n) is 8.08. The van der Waals surface area contributed by atoms with Gasteiger partial charge in [0, 0.05) is 0 Å². The van der Waals surface area contributed by atoms with Crippen LogP contribution in [0.4, 0.5) is 0 Å². The molecule has 2 saturated heterocycles. The highest BCUT2D eigenvalue weighted by atomic mass is 16.8. The van der Waals surface area contributed by atoms with Gasteiger partial charge in [-0.25, -0.2) is 14.4 Å². The number of rotatable bonds is 6. The molecule has 2 aliphatic rings. The zero-order valence-corrected chi connectivity index (χ0v) is 18.5. The number of hydrogen-bond donors (Lipinski definition) is 0. The van der Waals surface area contributed by atoms with E-state index >= 15 is 0 Å². The summed E-state index contributed by atoms with van der Waals surface area (Å²) >= 11 is 0. The van der Waals surface area contributed by atoms with Gasteiger partial charge in [-0.15, -0.1) is 0 Å². The fraction of sp³-hybridized carbons (Fsp3) is 0.222. The molecule has 178 valence electrons. The first-order valence-corrected chi connectivity index (χ1v) is 11.2. The normalized spacial score (nSPS) is 24.9.